The normalized spacial score (nSPS) is 10.6. The fourth-order valence-corrected chi connectivity index (χ4v) is 4.61. The zero-order valence-corrected chi connectivity index (χ0v) is 17.9. The van der Waals surface area contributed by atoms with Crippen LogP contribution in [0.15, 0.2) is 33.4 Å². The lowest BCUT2D eigenvalue weighted by atomic mass is 9.99. The van der Waals surface area contributed by atoms with Crippen LogP contribution >= 0.6 is 23.1 Å². The van der Waals surface area contributed by atoms with Gasteiger partial charge in [0, 0.05) is 17.9 Å². The van der Waals surface area contributed by atoms with E-state index in [9.17, 15) is 14.0 Å². The Labute approximate surface area is 180 Å². The molecule has 3 aromatic rings. The Hall–Kier alpha value is -3.03. The first-order valence-electron chi connectivity index (χ1n) is 9.00. The molecule has 10 heteroatoms. The smallest absolute Gasteiger partial charge is 0.266 e. The number of nitrogens with one attached hydrogen (secondary N) is 2. The molecule has 2 N–H and O–H groups in total. The number of nitrogens with zero attached hydrogens (tertiary/aromatic N) is 3. The van der Waals surface area contributed by atoms with E-state index in [1.54, 1.807) is 26.0 Å². The maximum Gasteiger partial charge on any atom is 0.266 e. The van der Waals surface area contributed by atoms with Crippen molar-refractivity contribution in [1.29, 1.82) is 5.26 Å². The summed E-state index contributed by atoms with van der Waals surface area (Å²) in [6.45, 7) is 3.46. The number of hydrogen-bond acceptors (Lipinski definition) is 7. The molecule has 0 saturated carbocycles. The molecule has 0 spiro atoms. The van der Waals surface area contributed by atoms with E-state index < -0.39 is 5.56 Å². The highest BCUT2D eigenvalue weighted by Crippen LogP contribution is 2.28. The minimum atomic E-state index is -0.416. The van der Waals surface area contributed by atoms with E-state index in [-0.39, 0.29) is 23.7 Å². The van der Waals surface area contributed by atoms with Gasteiger partial charge in [0.2, 0.25) is 11.0 Å². The van der Waals surface area contributed by atoms with Crippen molar-refractivity contribution < 1.29 is 9.18 Å². The monoisotopic (exact) mass is 443 g/mol. The molecule has 0 saturated heterocycles. The molecule has 1 amide bonds. The quantitative estimate of drug-likeness (QED) is 0.425. The molecule has 0 aliphatic rings. The highest BCUT2D eigenvalue weighted by atomic mass is 32.2. The largest absolute Gasteiger partial charge is 0.325 e. The molecule has 1 aromatic carbocycles. The lowest BCUT2D eigenvalue weighted by molar-refractivity contribution is -0.116. The number of nitriles is 1. The SMILES string of the molecule is Cc1[nH]c(=O)c(C#N)c(C)c1CCC(=O)Nc1nnc(SCc2ccc(F)cc2)s1. The number of thioether (sulfide) groups is 1. The minimum absolute atomic E-state index is 0.0722. The summed E-state index contributed by atoms with van der Waals surface area (Å²) < 4.78 is 13.6. The number of aryl methyl sites for hydroxylation is 1. The third-order valence-corrected chi connectivity index (χ3v) is 6.49. The number of aromatic amines is 1. The number of amides is 1. The molecule has 0 fully saturated rings. The molecule has 3 rings (SSSR count). The van der Waals surface area contributed by atoms with Crippen molar-refractivity contribution in [3.8, 4) is 6.07 Å². The first-order chi connectivity index (χ1) is 14.4. The molecule has 154 valence electrons. The summed E-state index contributed by atoms with van der Waals surface area (Å²) in [7, 11) is 0. The van der Waals surface area contributed by atoms with Crippen molar-refractivity contribution in [2.75, 3.05) is 5.32 Å². The second-order valence-corrected chi connectivity index (χ2v) is 8.71. The van der Waals surface area contributed by atoms with E-state index in [0.717, 1.165) is 11.1 Å². The van der Waals surface area contributed by atoms with Crippen LogP contribution in [0.2, 0.25) is 0 Å². The number of carbonyl (C=O) groups excluding carboxylic acids is 1. The minimum Gasteiger partial charge on any atom is -0.325 e. The van der Waals surface area contributed by atoms with Crippen LogP contribution in [0, 0.1) is 31.0 Å². The van der Waals surface area contributed by atoms with Gasteiger partial charge in [-0.2, -0.15) is 5.26 Å². The molecule has 0 radical (unpaired) electrons. The molecular formula is C20H18FN5O2S2. The average Bonchev–Trinajstić information content (AvgIpc) is 3.14. The zero-order valence-electron chi connectivity index (χ0n) is 16.3. The summed E-state index contributed by atoms with van der Waals surface area (Å²) in [6.07, 6.45) is 0.566. The number of anilines is 1. The molecule has 2 aromatic heterocycles. The van der Waals surface area contributed by atoms with Crippen molar-refractivity contribution in [3.63, 3.8) is 0 Å². The summed E-state index contributed by atoms with van der Waals surface area (Å²) in [5, 5.41) is 20.3. The van der Waals surface area contributed by atoms with Gasteiger partial charge in [-0.15, -0.1) is 10.2 Å². The maximum atomic E-state index is 12.9. The highest BCUT2D eigenvalue weighted by molar-refractivity contribution is 8.00. The molecule has 0 aliphatic carbocycles. The van der Waals surface area contributed by atoms with E-state index in [4.69, 9.17) is 5.26 Å². The molecule has 30 heavy (non-hydrogen) atoms. The van der Waals surface area contributed by atoms with E-state index in [0.29, 0.717) is 32.9 Å². The summed E-state index contributed by atoms with van der Waals surface area (Å²) >= 11 is 2.72. The van der Waals surface area contributed by atoms with E-state index >= 15 is 0 Å². The number of pyridine rings is 1. The van der Waals surface area contributed by atoms with Gasteiger partial charge in [-0.25, -0.2) is 4.39 Å². The first-order valence-corrected chi connectivity index (χ1v) is 10.8. The Morgan fingerprint density at radius 1 is 1.30 bits per heavy atom. The number of carbonyl (C=O) groups is 1. The van der Waals surface area contributed by atoms with Crippen molar-refractivity contribution in [3.05, 3.63) is 68.4 Å². The standard InChI is InChI=1S/C20H18FN5O2S2/c1-11-15(12(2)23-18(28)16(11)9-22)7-8-17(27)24-19-25-26-20(30-19)29-10-13-3-5-14(21)6-4-13/h3-6H,7-8,10H2,1-2H3,(H,23,28)(H,24,25,27). The van der Waals surface area contributed by atoms with Crippen LogP contribution in [-0.4, -0.2) is 21.1 Å². The maximum absolute atomic E-state index is 12.9. The average molecular weight is 444 g/mol. The van der Waals surface area contributed by atoms with Gasteiger partial charge in [0.1, 0.15) is 17.4 Å². The van der Waals surface area contributed by atoms with Crippen molar-refractivity contribution >= 4 is 34.1 Å². The fraction of sp³-hybridized carbons (Fsp3) is 0.250. The van der Waals surface area contributed by atoms with Gasteiger partial charge in [0.25, 0.3) is 5.56 Å². The fourth-order valence-electron chi connectivity index (χ4n) is 2.88. The van der Waals surface area contributed by atoms with Gasteiger partial charge in [0.05, 0.1) is 0 Å². The number of benzene rings is 1. The van der Waals surface area contributed by atoms with E-state index in [1.165, 1.54) is 35.2 Å². The number of aromatic nitrogens is 3. The topological polar surface area (TPSA) is 112 Å². The van der Waals surface area contributed by atoms with Crippen molar-refractivity contribution in [2.45, 2.75) is 36.8 Å². The van der Waals surface area contributed by atoms with Crippen LogP contribution in [0.3, 0.4) is 0 Å². The Morgan fingerprint density at radius 2 is 2.03 bits per heavy atom. The number of H-pyrrole nitrogens is 1. The van der Waals surface area contributed by atoms with Crippen LogP contribution in [0.25, 0.3) is 0 Å². The Balaban J connectivity index is 1.55. The van der Waals surface area contributed by atoms with Crippen molar-refractivity contribution in [1.82, 2.24) is 15.2 Å². The zero-order chi connectivity index (χ0) is 21.7. The van der Waals surface area contributed by atoms with Gasteiger partial charge < -0.3 is 10.3 Å². The Morgan fingerprint density at radius 3 is 2.73 bits per heavy atom. The summed E-state index contributed by atoms with van der Waals surface area (Å²) in [6, 6.07) is 8.15. The van der Waals surface area contributed by atoms with Crippen LogP contribution < -0.4 is 10.9 Å². The molecule has 0 atom stereocenters. The highest BCUT2D eigenvalue weighted by Gasteiger charge is 2.14. The second-order valence-electron chi connectivity index (χ2n) is 6.51. The molecule has 0 aliphatic heterocycles. The third-order valence-electron chi connectivity index (χ3n) is 4.45. The first kappa shape index (κ1) is 21.7. The van der Waals surface area contributed by atoms with Crippen LogP contribution in [0.4, 0.5) is 9.52 Å². The summed E-state index contributed by atoms with van der Waals surface area (Å²) in [5.41, 5.74) is 2.66. The number of halogens is 1. The number of hydrogen-bond donors (Lipinski definition) is 2. The second kappa shape index (κ2) is 9.65. The van der Waals surface area contributed by atoms with Gasteiger partial charge in [-0.05, 0) is 49.1 Å². The van der Waals surface area contributed by atoms with Crippen LogP contribution in [-0.2, 0) is 17.0 Å². The van der Waals surface area contributed by atoms with Gasteiger partial charge in [0.15, 0.2) is 4.34 Å². The molecule has 0 unspecified atom stereocenters. The van der Waals surface area contributed by atoms with E-state index in [1.807, 2.05) is 6.07 Å². The lowest BCUT2D eigenvalue weighted by Gasteiger charge is -2.10. The molecule has 2 heterocycles. The van der Waals surface area contributed by atoms with Crippen molar-refractivity contribution in [2.24, 2.45) is 0 Å². The van der Waals surface area contributed by atoms with Gasteiger partial charge >= 0.3 is 0 Å². The Kier molecular flexibility index (Phi) is 6.97. The van der Waals surface area contributed by atoms with Crippen LogP contribution in [0.1, 0.15) is 34.4 Å². The molecule has 7 nitrogen and oxygen atoms in total. The molecular weight excluding hydrogens is 425 g/mol. The summed E-state index contributed by atoms with van der Waals surface area (Å²) in [4.78, 5) is 26.7. The molecule has 0 bridgehead atoms. The predicted octanol–water partition coefficient (Wildman–Crippen LogP) is 3.72. The van der Waals surface area contributed by atoms with Crippen LogP contribution in [0.5, 0.6) is 0 Å². The van der Waals surface area contributed by atoms with Gasteiger partial charge in [-0.3, -0.25) is 9.59 Å². The summed E-state index contributed by atoms with van der Waals surface area (Å²) in [5.74, 6) is 0.111. The number of rotatable bonds is 7. The Bertz CT molecular complexity index is 1170. The lowest BCUT2D eigenvalue weighted by Crippen LogP contribution is -2.18. The van der Waals surface area contributed by atoms with Gasteiger partial charge in [-0.1, -0.05) is 35.2 Å². The predicted molar refractivity (Wildman–Crippen MR) is 114 cm³/mol. The third kappa shape index (κ3) is 5.31. The van der Waals surface area contributed by atoms with E-state index in [2.05, 4.69) is 20.5 Å².